The lowest BCUT2D eigenvalue weighted by molar-refractivity contribution is -0.245. The molecular formula is C33H41NO6. The molecule has 0 aromatic heterocycles. The van der Waals surface area contributed by atoms with Gasteiger partial charge in [-0.2, -0.15) is 0 Å². The van der Waals surface area contributed by atoms with Gasteiger partial charge >= 0.3 is 0 Å². The average molecular weight is 548 g/mol. The van der Waals surface area contributed by atoms with Crippen molar-refractivity contribution in [1.82, 2.24) is 4.90 Å². The van der Waals surface area contributed by atoms with Crippen LogP contribution in [-0.2, 0) is 32.7 Å². The van der Waals surface area contributed by atoms with Crippen LogP contribution >= 0.6 is 0 Å². The standard InChI is InChI=1S/C33H41NO6/c35-15-4-16-39-33-12-11-25(31-36-17-18-37-31)30-32(33)13-14-34(20-22-7-8-22)27(33)19-24-9-10-26(29(40-30)28(24)32)38-21-23-5-2-1-3-6-23/h1-3,5-6,9-10,22,25,27,30-31,35H,4,7-8,11-21H2/t25?,27-,30+,32+,33?/m1/s1. The second kappa shape index (κ2) is 9.99. The van der Waals surface area contributed by atoms with Crippen molar-refractivity contribution in [3.8, 4) is 11.5 Å². The molecule has 0 amide bonds. The topological polar surface area (TPSA) is 69.6 Å². The molecule has 1 spiro atoms. The highest BCUT2D eigenvalue weighted by atomic mass is 16.7. The maximum atomic E-state index is 9.70. The highest BCUT2D eigenvalue weighted by molar-refractivity contribution is 5.63. The molecule has 2 aromatic rings. The van der Waals surface area contributed by atoms with Crippen molar-refractivity contribution in [1.29, 1.82) is 0 Å². The van der Waals surface area contributed by atoms with E-state index in [-0.39, 0.29) is 35.9 Å². The lowest BCUT2D eigenvalue weighted by Crippen LogP contribution is -2.77. The Morgan fingerprint density at radius 2 is 1.85 bits per heavy atom. The minimum absolute atomic E-state index is 0.0976. The van der Waals surface area contributed by atoms with Gasteiger partial charge in [0.1, 0.15) is 12.7 Å². The molecular weight excluding hydrogens is 506 g/mol. The van der Waals surface area contributed by atoms with E-state index in [4.69, 9.17) is 23.7 Å². The molecule has 6 aliphatic rings. The van der Waals surface area contributed by atoms with Crippen LogP contribution in [0.15, 0.2) is 42.5 Å². The first-order valence-corrected chi connectivity index (χ1v) is 15.5. The van der Waals surface area contributed by atoms with Gasteiger partial charge in [-0.1, -0.05) is 36.4 Å². The van der Waals surface area contributed by atoms with E-state index < -0.39 is 0 Å². The number of nitrogens with zero attached hydrogens (tertiary/aromatic N) is 1. The molecule has 5 atom stereocenters. The third-order valence-electron chi connectivity index (χ3n) is 10.6. The zero-order valence-electron chi connectivity index (χ0n) is 23.3. The fraction of sp³-hybridized carbons (Fsp3) is 0.636. The Hall–Kier alpha value is -2.16. The SMILES string of the molecule is OCCCOC12CCC(C3OCCO3)[C@@H]3Oc4c(OCc5ccccc5)ccc5c4[C@@]31CCN(CC1CC1)[C@@H]2C5. The first-order valence-electron chi connectivity index (χ1n) is 15.5. The summed E-state index contributed by atoms with van der Waals surface area (Å²) in [7, 11) is 0. The highest BCUT2D eigenvalue weighted by Crippen LogP contribution is 2.68. The first-order chi connectivity index (χ1) is 19.7. The Morgan fingerprint density at radius 1 is 1.00 bits per heavy atom. The number of ether oxygens (including phenoxy) is 5. The molecule has 7 heteroatoms. The lowest BCUT2D eigenvalue weighted by Gasteiger charge is -2.66. The molecule has 3 aliphatic carbocycles. The molecule has 2 unspecified atom stereocenters. The Morgan fingerprint density at radius 3 is 2.65 bits per heavy atom. The van der Waals surface area contributed by atoms with E-state index in [0.717, 1.165) is 61.8 Å². The molecule has 214 valence electrons. The number of likely N-dealkylation sites (tertiary alicyclic amines) is 1. The van der Waals surface area contributed by atoms with Crippen LogP contribution in [0.1, 0.15) is 55.2 Å². The molecule has 2 bridgehead atoms. The van der Waals surface area contributed by atoms with Gasteiger partial charge < -0.3 is 28.8 Å². The van der Waals surface area contributed by atoms with Crippen LogP contribution in [0.2, 0.25) is 0 Å². The Labute approximate surface area is 236 Å². The number of hydrogen-bond acceptors (Lipinski definition) is 7. The van der Waals surface area contributed by atoms with Crippen molar-refractivity contribution < 1.29 is 28.8 Å². The summed E-state index contributed by atoms with van der Waals surface area (Å²) >= 11 is 0. The van der Waals surface area contributed by atoms with E-state index in [1.165, 1.54) is 24.0 Å². The average Bonchev–Trinajstić information content (AvgIpc) is 3.48. The van der Waals surface area contributed by atoms with Crippen LogP contribution in [0, 0.1) is 11.8 Å². The summed E-state index contributed by atoms with van der Waals surface area (Å²) < 4.78 is 33.1. The number of aliphatic hydroxyl groups is 1. The quantitative estimate of drug-likeness (QED) is 0.447. The molecule has 2 aromatic carbocycles. The van der Waals surface area contributed by atoms with Crippen molar-refractivity contribution in [2.45, 2.75) is 81.0 Å². The van der Waals surface area contributed by atoms with Gasteiger partial charge in [-0.15, -0.1) is 0 Å². The summed E-state index contributed by atoms with van der Waals surface area (Å²) in [5.41, 5.74) is 3.18. The van der Waals surface area contributed by atoms with E-state index in [0.29, 0.717) is 38.9 Å². The van der Waals surface area contributed by atoms with Crippen LogP contribution in [0.25, 0.3) is 0 Å². The summed E-state index contributed by atoms with van der Waals surface area (Å²) in [6, 6.07) is 15.1. The van der Waals surface area contributed by atoms with Gasteiger partial charge in [0.2, 0.25) is 0 Å². The van der Waals surface area contributed by atoms with Crippen LogP contribution in [0.4, 0.5) is 0 Å². The minimum atomic E-state index is -0.370. The fourth-order valence-corrected chi connectivity index (χ4v) is 8.85. The van der Waals surface area contributed by atoms with E-state index in [2.05, 4.69) is 41.3 Å². The van der Waals surface area contributed by atoms with Crippen molar-refractivity contribution in [3.05, 3.63) is 59.2 Å². The molecule has 8 rings (SSSR count). The van der Waals surface area contributed by atoms with Crippen LogP contribution < -0.4 is 9.47 Å². The Kier molecular flexibility index (Phi) is 6.38. The summed E-state index contributed by atoms with van der Waals surface area (Å²) in [6.45, 7) is 4.71. The molecule has 0 radical (unpaired) electrons. The van der Waals surface area contributed by atoms with E-state index >= 15 is 0 Å². The van der Waals surface area contributed by atoms with Crippen molar-refractivity contribution in [2.75, 3.05) is 39.5 Å². The van der Waals surface area contributed by atoms with E-state index in [1.54, 1.807) is 0 Å². The number of rotatable bonds is 10. The molecule has 7 nitrogen and oxygen atoms in total. The first kappa shape index (κ1) is 25.5. The summed E-state index contributed by atoms with van der Waals surface area (Å²) in [5.74, 6) is 2.68. The van der Waals surface area contributed by atoms with Crippen molar-refractivity contribution >= 4 is 0 Å². The van der Waals surface area contributed by atoms with Gasteiger partial charge in [0.05, 0.1) is 24.2 Å². The molecule has 2 saturated heterocycles. The maximum Gasteiger partial charge on any atom is 0.165 e. The molecule has 1 N–H and O–H groups in total. The monoisotopic (exact) mass is 547 g/mol. The fourth-order valence-electron chi connectivity index (χ4n) is 8.85. The number of benzene rings is 2. The minimum Gasteiger partial charge on any atom is -0.485 e. The molecule has 2 saturated carbocycles. The van der Waals surface area contributed by atoms with Crippen LogP contribution in [0.5, 0.6) is 11.5 Å². The summed E-state index contributed by atoms with van der Waals surface area (Å²) in [5, 5.41) is 9.70. The second-order valence-corrected chi connectivity index (χ2v) is 12.7. The van der Waals surface area contributed by atoms with Crippen LogP contribution in [-0.4, -0.2) is 73.6 Å². The van der Waals surface area contributed by atoms with Crippen molar-refractivity contribution in [3.63, 3.8) is 0 Å². The lowest BCUT2D eigenvalue weighted by atomic mass is 9.47. The third kappa shape index (κ3) is 3.81. The van der Waals surface area contributed by atoms with Gasteiger partial charge in [0, 0.05) is 37.3 Å². The van der Waals surface area contributed by atoms with Gasteiger partial charge in [-0.3, -0.25) is 4.90 Å². The molecule has 3 aliphatic heterocycles. The number of hydrogen-bond donors (Lipinski definition) is 1. The van der Waals surface area contributed by atoms with Crippen molar-refractivity contribution in [2.24, 2.45) is 11.8 Å². The Balaban J connectivity index is 1.24. The number of piperidine rings is 1. The van der Waals surface area contributed by atoms with Gasteiger partial charge in [0.15, 0.2) is 17.8 Å². The normalized spacial score (nSPS) is 34.5. The van der Waals surface area contributed by atoms with E-state index in [1.807, 2.05) is 6.07 Å². The van der Waals surface area contributed by atoms with Gasteiger partial charge in [0.25, 0.3) is 0 Å². The largest absolute Gasteiger partial charge is 0.485 e. The molecule has 3 heterocycles. The van der Waals surface area contributed by atoms with E-state index in [9.17, 15) is 5.11 Å². The zero-order valence-corrected chi connectivity index (χ0v) is 23.3. The zero-order chi connectivity index (χ0) is 26.7. The maximum absolute atomic E-state index is 9.70. The molecule has 40 heavy (non-hydrogen) atoms. The second-order valence-electron chi connectivity index (χ2n) is 12.7. The van der Waals surface area contributed by atoms with Gasteiger partial charge in [-0.05, 0) is 74.6 Å². The summed E-state index contributed by atoms with van der Waals surface area (Å²) in [4.78, 5) is 2.75. The van der Waals surface area contributed by atoms with Gasteiger partial charge in [-0.25, -0.2) is 0 Å². The smallest absolute Gasteiger partial charge is 0.165 e. The predicted octanol–water partition coefficient (Wildman–Crippen LogP) is 4.23. The highest BCUT2D eigenvalue weighted by Gasteiger charge is 2.74. The molecule has 4 fully saturated rings. The Bertz CT molecular complexity index is 1230. The van der Waals surface area contributed by atoms with Crippen LogP contribution in [0.3, 0.4) is 0 Å². The third-order valence-corrected chi connectivity index (χ3v) is 10.6. The number of aliphatic hydroxyl groups excluding tert-OH is 1. The predicted molar refractivity (Wildman–Crippen MR) is 149 cm³/mol. The summed E-state index contributed by atoms with van der Waals surface area (Å²) in [6.07, 6.45) is 6.85.